The van der Waals surface area contributed by atoms with Crippen molar-refractivity contribution in [1.29, 1.82) is 0 Å². The van der Waals surface area contributed by atoms with Crippen LogP contribution in [0.1, 0.15) is 5.56 Å². The maximum Gasteiger partial charge on any atom is 0.201 e. The van der Waals surface area contributed by atoms with Crippen LogP contribution in [0.2, 0.25) is 0 Å². The van der Waals surface area contributed by atoms with E-state index in [1.54, 1.807) is 0 Å². The van der Waals surface area contributed by atoms with E-state index in [9.17, 15) is 0 Å². The molecule has 0 unspecified atom stereocenters. The summed E-state index contributed by atoms with van der Waals surface area (Å²) in [6, 6.07) is 12.5. The number of halogens is 1. The van der Waals surface area contributed by atoms with Gasteiger partial charge in [0.2, 0.25) is 5.88 Å². The Labute approximate surface area is 109 Å². The van der Waals surface area contributed by atoms with Gasteiger partial charge in [0.05, 0.1) is 6.54 Å². The predicted molar refractivity (Wildman–Crippen MR) is 76.0 cm³/mol. The number of rotatable bonds is 0. The maximum absolute atomic E-state index is 6.08. The van der Waals surface area contributed by atoms with Gasteiger partial charge in [0.1, 0.15) is 5.58 Å². The molecular formula is C15H10ClNO. The Morgan fingerprint density at radius 3 is 2.72 bits per heavy atom. The zero-order valence-electron chi connectivity index (χ0n) is 9.53. The van der Waals surface area contributed by atoms with Gasteiger partial charge in [-0.25, -0.2) is 0 Å². The van der Waals surface area contributed by atoms with Crippen LogP contribution in [0.3, 0.4) is 0 Å². The smallest absolute Gasteiger partial charge is 0.201 e. The van der Waals surface area contributed by atoms with E-state index in [-0.39, 0.29) is 0 Å². The molecule has 0 bridgehead atoms. The van der Waals surface area contributed by atoms with E-state index in [0.717, 1.165) is 27.4 Å². The van der Waals surface area contributed by atoms with E-state index in [4.69, 9.17) is 16.0 Å². The van der Waals surface area contributed by atoms with Crippen LogP contribution in [-0.2, 0) is 0 Å². The van der Waals surface area contributed by atoms with Gasteiger partial charge in [-0.2, -0.15) is 0 Å². The Bertz CT molecular complexity index is 801. The zero-order valence-corrected chi connectivity index (χ0v) is 10.3. The number of furan rings is 1. The lowest BCUT2D eigenvalue weighted by Gasteiger charge is -2.08. The Morgan fingerprint density at radius 2 is 1.89 bits per heavy atom. The van der Waals surface area contributed by atoms with Gasteiger partial charge in [-0.3, -0.25) is 0 Å². The highest BCUT2D eigenvalue weighted by Crippen LogP contribution is 2.37. The fourth-order valence-electron chi connectivity index (χ4n) is 2.45. The molecule has 1 N–H and O–H groups in total. The second-order valence-corrected chi connectivity index (χ2v) is 4.97. The van der Waals surface area contributed by atoms with E-state index in [0.29, 0.717) is 6.54 Å². The van der Waals surface area contributed by atoms with Gasteiger partial charge in [0.25, 0.3) is 0 Å². The Balaban J connectivity index is 2.13. The van der Waals surface area contributed by atoms with Crippen molar-refractivity contribution >= 4 is 45.3 Å². The first kappa shape index (κ1) is 10.0. The fraction of sp³-hybridized carbons (Fsp3) is 0.0667. The molecular weight excluding hydrogens is 246 g/mol. The number of hydrogen-bond acceptors (Lipinski definition) is 2. The molecule has 2 heterocycles. The van der Waals surface area contributed by atoms with Crippen LogP contribution in [0.4, 0.5) is 5.88 Å². The van der Waals surface area contributed by atoms with Crippen molar-refractivity contribution in [2.24, 2.45) is 0 Å². The third-order valence-corrected chi connectivity index (χ3v) is 3.56. The van der Waals surface area contributed by atoms with Crippen LogP contribution in [0, 0.1) is 0 Å². The summed E-state index contributed by atoms with van der Waals surface area (Å²) < 4.78 is 5.83. The summed E-state index contributed by atoms with van der Waals surface area (Å²) in [6.45, 7) is 0.633. The molecule has 4 rings (SSSR count). The fourth-order valence-corrected chi connectivity index (χ4v) is 2.62. The summed E-state index contributed by atoms with van der Waals surface area (Å²) in [5, 5.41) is 7.50. The molecule has 1 aromatic heterocycles. The molecule has 2 nitrogen and oxygen atoms in total. The third kappa shape index (κ3) is 1.36. The monoisotopic (exact) mass is 255 g/mol. The molecule has 18 heavy (non-hydrogen) atoms. The number of hydrogen-bond donors (Lipinski definition) is 1. The Hall–Kier alpha value is -1.93. The van der Waals surface area contributed by atoms with Gasteiger partial charge in [-0.05, 0) is 29.0 Å². The van der Waals surface area contributed by atoms with E-state index in [1.807, 2.05) is 18.2 Å². The minimum absolute atomic E-state index is 0.633. The lowest BCUT2D eigenvalue weighted by atomic mass is 10.0. The number of anilines is 1. The van der Waals surface area contributed by atoms with Crippen molar-refractivity contribution in [3.8, 4) is 0 Å². The van der Waals surface area contributed by atoms with Crippen LogP contribution in [-0.4, -0.2) is 6.54 Å². The van der Waals surface area contributed by atoms with Crippen LogP contribution >= 0.6 is 11.6 Å². The minimum atomic E-state index is 0.633. The van der Waals surface area contributed by atoms with Gasteiger partial charge in [0, 0.05) is 16.0 Å². The van der Waals surface area contributed by atoms with Gasteiger partial charge >= 0.3 is 0 Å². The molecule has 0 atom stereocenters. The van der Waals surface area contributed by atoms with Crippen molar-refractivity contribution in [2.75, 3.05) is 11.9 Å². The largest absolute Gasteiger partial charge is 0.440 e. The lowest BCUT2D eigenvalue weighted by molar-refractivity contribution is 0.628. The average molecular weight is 256 g/mol. The first-order chi connectivity index (χ1) is 8.81. The summed E-state index contributed by atoms with van der Waals surface area (Å²) in [7, 11) is 0. The molecule has 0 radical (unpaired) electrons. The van der Waals surface area contributed by atoms with Gasteiger partial charge in [-0.1, -0.05) is 35.9 Å². The van der Waals surface area contributed by atoms with Gasteiger partial charge < -0.3 is 9.73 Å². The van der Waals surface area contributed by atoms with Crippen molar-refractivity contribution in [1.82, 2.24) is 0 Å². The highest BCUT2D eigenvalue weighted by atomic mass is 35.5. The molecule has 2 aromatic carbocycles. The standard InChI is InChI=1S/C15H10ClNO/c16-11-7-13-12-5-9-3-1-2-4-10(9)6-14(12)18-15(13)17-8-11/h1-7,17H,8H2. The van der Waals surface area contributed by atoms with Crippen molar-refractivity contribution in [3.63, 3.8) is 0 Å². The Kier molecular flexibility index (Phi) is 1.97. The summed E-state index contributed by atoms with van der Waals surface area (Å²) in [4.78, 5) is 0. The molecule has 0 saturated heterocycles. The maximum atomic E-state index is 6.08. The molecule has 3 heteroatoms. The second kappa shape index (κ2) is 3.53. The molecule has 88 valence electrons. The van der Waals surface area contributed by atoms with Crippen molar-refractivity contribution in [3.05, 3.63) is 47.0 Å². The highest BCUT2D eigenvalue weighted by molar-refractivity contribution is 6.32. The molecule has 0 fully saturated rings. The zero-order chi connectivity index (χ0) is 12.1. The van der Waals surface area contributed by atoms with Crippen molar-refractivity contribution in [2.45, 2.75) is 0 Å². The molecule has 1 aliphatic rings. The quantitative estimate of drug-likeness (QED) is 0.635. The van der Waals surface area contributed by atoms with Crippen molar-refractivity contribution < 1.29 is 4.42 Å². The first-order valence-electron chi connectivity index (χ1n) is 5.86. The van der Waals surface area contributed by atoms with Gasteiger partial charge in [-0.15, -0.1) is 0 Å². The number of fused-ring (bicyclic) bond motifs is 4. The first-order valence-corrected chi connectivity index (χ1v) is 6.24. The third-order valence-electron chi connectivity index (χ3n) is 3.31. The van der Waals surface area contributed by atoms with Crippen LogP contribution in [0.15, 0.2) is 45.8 Å². The SMILES string of the molecule is ClC1=Cc2c(oc3cc4ccccc4cc23)NC1. The number of nitrogens with one attached hydrogen (secondary N) is 1. The summed E-state index contributed by atoms with van der Waals surface area (Å²) in [5.41, 5.74) is 1.95. The topological polar surface area (TPSA) is 25.2 Å². The van der Waals surface area contributed by atoms with E-state index >= 15 is 0 Å². The molecule has 0 amide bonds. The summed E-state index contributed by atoms with van der Waals surface area (Å²) >= 11 is 6.08. The van der Waals surface area contributed by atoms with E-state index in [1.165, 1.54) is 10.8 Å². The normalized spacial score (nSPS) is 14.4. The Morgan fingerprint density at radius 1 is 1.11 bits per heavy atom. The van der Waals surface area contributed by atoms with Crippen LogP contribution in [0.25, 0.3) is 27.8 Å². The molecule has 3 aromatic rings. The molecule has 1 aliphatic heterocycles. The predicted octanol–water partition coefficient (Wildman–Crippen LogP) is 4.59. The minimum Gasteiger partial charge on any atom is -0.440 e. The highest BCUT2D eigenvalue weighted by Gasteiger charge is 2.17. The van der Waals surface area contributed by atoms with E-state index < -0.39 is 0 Å². The lowest BCUT2D eigenvalue weighted by Crippen LogP contribution is -2.05. The molecule has 0 saturated carbocycles. The molecule has 0 spiro atoms. The van der Waals surface area contributed by atoms with Crippen LogP contribution < -0.4 is 5.32 Å². The number of benzene rings is 2. The van der Waals surface area contributed by atoms with E-state index in [2.05, 4.69) is 29.6 Å². The molecule has 0 aliphatic carbocycles. The van der Waals surface area contributed by atoms with Gasteiger partial charge in [0.15, 0.2) is 0 Å². The van der Waals surface area contributed by atoms with Crippen LogP contribution in [0.5, 0.6) is 0 Å². The average Bonchev–Trinajstić information content (AvgIpc) is 2.73. The summed E-state index contributed by atoms with van der Waals surface area (Å²) in [5.74, 6) is 0.810. The summed E-state index contributed by atoms with van der Waals surface area (Å²) in [6.07, 6.45) is 1.98. The second-order valence-electron chi connectivity index (χ2n) is 4.49.